The molecule has 2 aliphatic rings. The van der Waals surface area contributed by atoms with Gasteiger partial charge in [0.1, 0.15) is 11.3 Å². The Morgan fingerprint density at radius 3 is 2.61 bits per heavy atom. The number of carbonyl (C=O) groups excluding carboxylic acids is 2. The van der Waals surface area contributed by atoms with E-state index in [0.29, 0.717) is 22.7 Å². The minimum atomic E-state index is -0.505. The largest absolute Gasteiger partial charge is 0.420 e. The lowest BCUT2D eigenvalue weighted by atomic mass is 10.1. The highest BCUT2D eigenvalue weighted by Gasteiger charge is 2.38. The Balaban J connectivity index is 1.84. The van der Waals surface area contributed by atoms with E-state index in [2.05, 4.69) is 10.1 Å². The van der Waals surface area contributed by atoms with E-state index >= 15 is 0 Å². The number of amides is 1. The number of aromatic nitrogens is 1. The van der Waals surface area contributed by atoms with E-state index in [0.717, 1.165) is 0 Å². The molecule has 3 heterocycles. The number of hydrogen-bond donors (Lipinski definition) is 0. The first-order valence-corrected chi connectivity index (χ1v) is 7.04. The summed E-state index contributed by atoms with van der Waals surface area (Å²) in [6.07, 6.45) is 1.56. The molecule has 0 aliphatic carbocycles. The van der Waals surface area contributed by atoms with Crippen LogP contribution in [0.2, 0.25) is 0 Å². The van der Waals surface area contributed by atoms with Crippen LogP contribution in [0.4, 0.5) is 5.69 Å². The van der Waals surface area contributed by atoms with Crippen LogP contribution < -0.4 is 5.01 Å². The number of esters is 1. The van der Waals surface area contributed by atoms with Gasteiger partial charge in [0.25, 0.3) is 5.91 Å². The predicted molar refractivity (Wildman–Crippen MR) is 83.6 cm³/mol. The molecule has 0 saturated carbocycles. The number of para-hydroxylation sites is 1. The van der Waals surface area contributed by atoms with Crippen LogP contribution in [0.25, 0.3) is 5.76 Å². The summed E-state index contributed by atoms with van der Waals surface area (Å²) >= 11 is 0. The van der Waals surface area contributed by atoms with Gasteiger partial charge in [-0.25, -0.2) is 4.79 Å². The van der Waals surface area contributed by atoms with Gasteiger partial charge in [0.15, 0.2) is 5.76 Å². The third-order valence-corrected chi connectivity index (χ3v) is 3.68. The maximum absolute atomic E-state index is 12.8. The average molecular weight is 305 g/mol. The quantitative estimate of drug-likeness (QED) is 0.599. The number of ether oxygens (including phenoxy) is 1. The van der Waals surface area contributed by atoms with Gasteiger partial charge in [-0.1, -0.05) is 18.2 Å². The van der Waals surface area contributed by atoms with Gasteiger partial charge in [-0.2, -0.15) is 10.1 Å². The first kappa shape index (κ1) is 13.4. The molecule has 23 heavy (non-hydrogen) atoms. The fourth-order valence-electron chi connectivity index (χ4n) is 2.63. The molecule has 1 amide bonds. The van der Waals surface area contributed by atoms with Crippen molar-refractivity contribution in [2.24, 2.45) is 5.10 Å². The van der Waals surface area contributed by atoms with Crippen LogP contribution in [0, 0.1) is 0 Å². The Hall–Kier alpha value is -3.28. The number of nitrogens with zero attached hydrogens (tertiary/aromatic N) is 3. The number of pyridine rings is 1. The zero-order chi connectivity index (χ0) is 16.0. The molecule has 112 valence electrons. The second-order valence-corrected chi connectivity index (χ2v) is 5.13. The molecule has 0 bridgehead atoms. The summed E-state index contributed by atoms with van der Waals surface area (Å²) < 4.78 is 5.29. The van der Waals surface area contributed by atoms with Crippen molar-refractivity contribution in [3.63, 3.8) is 0 Å². The normalized spacial score (nSPS) is 19.7. The minimum absolute atomic E-state index is 0.176. The molecule has 0 atom stereocenters. The van der Waals surface area contributed by atoms with Crippen LogP contribution >= 0.6 is 0 Å². The maximum atomic E-state index is 12.8. The average Bonchev–Trinajstić information content (AvgIpc) is 3.06. The SMILES string of the molecule is CC1=NN(c2ccccc2)C(=O)C1=C1OC(=O)c2cccnc21. The van der Waals surface area contributed by atoms with E-state index in [1.807, 2.05) is 18.2 Å². The van der Waals surface area contributed by atoms with Gasteiger partial charge in [0.2, 0.25) is 0 Å². The van der Waals surface area contributed by atoms with E-state index in [-0.39, 0.29) is 17.2 Å². The zero-order valence-electron chi connectivity index (χ0n) is 12.2. The molecule has 4 rings (SSSR count). The summed E-state index contributed by atoms with van der Waals surface area (Å²) in [7, 11) is 0. The van der Waals surface area contributed by atoms with Gasteiger partial charge in [0.05, 0.1) is 17.0 Å². The van der Waals surface area contributed by atoms with Crippen LogP contribution in [0.5, 0.6) is 0 Å². The van der Waals surface area contributed by atoms with Gasteiger partial charge >= 0.3 is 5.97 Å². The van der Waals surface area contributed by atoms with Crippen molar-refractivity contribution in [1.29, 1.82) is 0 Å². The summed E-state index contributed by atoms with van der Waals surface area (Å²) in [5.41, 5.74) is 2.14. The van der Waals surface area contributed by atoms with E-state index in [4.69, 9.17) is 4.74 Å². The lowest BCUT2D eigenvalue weighted by Gasteiger charge is -2.11. The Morgan fingerprint density at radius 1 is 1.04 bits per heavy atom. The number of hydrogen-bond acceptors (Lipinski definition) is 5. The monoisotopic (exact) mass is 305 g/mol. The molecule has 0 radical (unpaired) electrons. The number of cyclic esters (lactones) is 1. The van der Waals surface area contributed by atoms with Gasteiger partial charge < -0.3 is 4.74 Å². The van der Waals surface area contributed by atoms with Gasteiger partial charge in [-0.05, 0) is 31.2 Å². The number of rotatable bonds is 1. The zero-order valence-corrected chi connectivity index (χ0v) is 12.2. The van der Waals surface area contributed by atoms with E-state index < -0.39 is 5.97 Å². The lowest BCUT2D eigenvalue weighted by Crippen LogP contribution is -2.22. The highest BCUT2D eigenvalue weighted by atomic mass is 16.5. The van der Waals surface area contributed by atoms with Crippen LogP contribution in [-0.4, -0.2) is 22.6 Å². The molecule has 6 nitrogen and oxygen atoms in total. The summed E-state index contributed by atoms with van der Waals surface area (Å²) in [5.74, 6) is -0.667. The molecule has 6 heteroatoms. The molecule has 1 aromatic heterocycles. The fourth-order valence-corrected chi connectivity index (χ4v) is 2.63. The summed E-state index contributed by atoms with van der Waals surface area (Å²) in [5, 5.41) is 5.59. The number of carbonyl (C=O) groups is 2. The fraction of sp³-hybridized carbons (Fsp3) is 0.0588. The van der Waals surface area contributed by atoms with Crippen LogP contribution in [0.1, 0.15) is 23.0 Å². The highest BCUT2D eigenvalue weighted by molar-refractivity contribution is 6.34. The van der Waals surface area contributed by atoms with Crippen molar-refractivity contribution in [1.82, 2.24) is 4.98 Å². The smallest absolute Gasteiger partial charge is 0.345 e. The molecular weight excluding hydrogens is 294 g/mol. The van der Waals surface area contributed by atoms with E-state index in [9.17, 15) is 9.59 Å². The third kappa shape index (κ3) is 1.96. The second-order valence-electron chi connectivity index (χ2n) is 5.13. The third-order valence-electron chi connectivity index (χ3n) is 3.68. The standard InChI is InChI=1S/C17H11N3O3/c1-10-13(15-14-12(17(22)23-15)8-5-9-18-14)16(21)20(19-10)11-6-3-2-4-7-11/h2-9H,1H3. The van der Waals surface area contributed by atoms with Gasteiger partial charge in [-0.15, -0.1) is 0 Å². The van der Waals surface area contributed by atoms with Gasteiger partial charge in [-0.3, -0.25) is 9.78 Å². The Kier molecular flexibility index (Phi) is 2.84. The molecule has 0 fully saturated rings. The molecule has 2 aliphatic heterocycles. The summed E-state index contributed by atoms with van der Waals surface area (Å²) in [4.78, 5) is 28.9. The molecule has 0 saturated heterocycles. The van der Waals surface area contributed by atoms with Crippen molar-refractivity contribution in [2.75, 3.05) is 5.01 Å². The minimum Gasteiger partial charge on any atom is -0.420 e. The molecule has 0 spiro atoms. The second kappa shape index (κ2) is 4.88. The Bertz CT molecular complexity index is 900. The van der Waals surface area contributed by atoms with Crippen molar-refractivity contribution in [3.05, 3.63) is 65.5 Å². The highest BCUT2D eigenvalue weighted by Crippen LogP contribution is 2.34. The number of anilines is 1. The lowest BCUT2D eigenvalue weighted by molar-refractivity contribution is -0.114. The van der Waals surface area contributed by atoms with Crippen LogP contribution in [0.15, 0.2) is 59.3 Å². The summed E-state index contributed by atoms with van der Waals surface area (Å²) in [6.45, 7) is 1.71. The van der Waals surface area contributed by atoms with Crippen molar-refractivity contribution in [2.45, 2.75) is 6.92 Å². The van der Waals surface area contributed by atoms with Crippen molar-refractivity contribution in [3.8, 4) is 0 Å². The molecule has 2 aromatic rings. The van der Waals surface area contributed by atoms with Crippen molar-refractivity contribution < 1.29 is 14.3 Å². The van der Waals surface area contributed by atoms with Gasteiger partial charge in [0, 0.05) is 6.20 Å². The molecule has 1 aromatic carbocycles. The molecule has 0 N–H and O–H groups in total. The van der Waals surface area contributed by atoms with E-state index in [1.165, 1.54) is 5.01 Å². The first-order chi connectivity index (χ1) is 11.2. The van der Waals surface area contributed by atoms with Crippen LogP contribution in [-0.2, 0) is 9.53 Å². The Labute approximate surface area is 131 Å². The van der Waals surface area contributed by atoms with Crippen LogP contribution in [0.3, 0.4) is 0 Å². The first-order valence-electron chi connectivity index (χ1n) is 7.04. The molecule has 0 unspecified atom stereocenters. The maximum Gasteiger partial charge on any atom is 0.345 e. The number of benzene rings is 1. The number of fused-ring (bicyclic) bond motifs is 1. The Morgan fingerprint density at radius 2 is 1.83 bits per heavy atom. The number of hydrazone groups is 1. The predicted octanol–water partition coefficient (Wildman–Crippen LogP) is 2.39. The molecular formula is C17H11N3O3. The van der Waals surface area contributed by atoms with Crippen molar-refractivity contribution >= 4 is 29.0 Å². The topological polar surface area (TPSA) is 71.9 Å². The summed E-state index contributed by atoms with van der Waals surface area (Å²) in [6, 6.07) is 12.4. The van der Waals surface area contributed by atoms with E-state index in [1.54, 1.807) is 37.4 Å².